The molecule has 1 aromatic carbocycles. The van der Waals surface area contributed by atoms with Gasteiger partial charge in [-0.3, -0.25) is 0 Å². The first kappa shape index (κ1) is 8.20. The van der Waals surface area contributed by atoms with Crippen LogP contribution in [0.4, 0.5) is 4.39 Å². The van der Waals surface area contributed by atoms with Crippen LogP contribution in [0.25, 0.3) is 10.1 Å². The SMILES string of the molecule is Cc1csc2c(F)c(Br)ccc12. The maximum absolute atomic E-state index is 13.4. The summed E-state index contributed by atoms with van der Waals surface area (Å²) >= 11 is 4.61. The molecule has 0 atom stereocenters. The lowest BCUT2D eigenvalue weighted by Crippen LogP contribution is -1.76. The van der Waals surface area contributed by atoms with E-state index < -0.39 is 0 Å². The predicted octanol–water partition coefficient (Wildman–Crippen LogP) is 4.11. The van der Waals surface area contributed by atoms with E-state index in [0.29, 0.717) is 4.47 Å². The van der Waals surface area contributed by atoms with Crippen molar-refractivity contribution in [3.05, 3.63) is 33.4 Å². The van der Waals surface area contributed by atoms with Crippen LogP contribution in [0.3, 0.4) is 0 Å². The maximum Gasteiger partial charge on any atom is 0.155 e. The molecule has 2 rings (SSSR count). The van der Waals surface area contributed by atoms with Crippen LogP contribution in [0.5, 0.6) is 0 Å². The zero-order chi connectivity index (χ0) is 8.72. The summed E-state index contributed by atoms with van der Waals surface area (Å²) in [4.78, 5) is 0. The molecule has 0 saturated carbocycles. The van der Waals surface area contributed by atoms with Crippen molar-refractivity contribution in [1.29, 1.82) is 0 Å². The van der Waals surface area contributed by atoms with Gasteiger partial charge in [-0.1, -0.05) is 6.07 Å². The molecule has 62 valence electrons. The molecule has 0 nitrogen and oxygen atoms in total. The topological polar surface area (TPSA) is 0 Å². The molecule has 0 aliphatic rings. The highest BCUT2D eigenvalue weighted by Crippen LogP contribution is 2.31. The van der Waals surface area contributed by atoms with Gasteiger partial charge in [0.05, 0.1) is 9.17 Å². The quantitative estimate of drug-likeness (QED) is 0.655. The fourth-order valence-corrected chi connectivity index (χ4v) is 2.62. The number of halogens is 2. The Morgan fingerprint density at radius 2 is 2.17 bits per heavy atom. The summed E-state index contributed by atoms with van der Waals surface area (Å²) in [7, 11) is 0. The van der Waals surface area contributed by atoms with Gasteiger partial charge in [0.25, 0.3) is 0 Å². The number of fused-ring (bicyclic) bond motifs is 1. The summed E-state index contributed by atoms with van der Waals surface area (Å²) in [6.07, 6.45) is 0. The third-order valence-corrected chi connectivity index (χ3v) is 3.55. The number of hydrogen-bond acceptors (Lipinski definition) is 1. The molecule has 0 unspecified atom stereocenters. The minimum Gasteiger partial charge on any atom is -0.204 e. The highest BCUT2D eigenvalue weighted by atomic mass is 79.9. The monoisotopic (exact) mass is 244 g/mol. The first-order valence-electron chi connectivity index (χ1n) is 3.52. The molecule has 12 heavy (non-hydrogen) atoms. The Bertz CT molecular complexity index is 433. The van der Waals surface area contributed by atoms with E-state index in [0.717, 1.165) is 15.6 Å². The molecule has 2 aromatic rings. The lowest BCUT2D eigenvalue weighted by molar-refractivity contribution is 0.635. The molecule has 0 radical (unpaired) electrons. The van der Waals surface area contributed by atoms with E-state index in [1.54, 1.807) is 6.07 Å². The number of benzene rings is 1. The molecule has 3 heteroatoms. The van der Waals surface area contributed by atoms with E-state index in [1.807, 2.05) is 18.4 Å². The van der Waals surface area contributed by atoms with Gasteiger partial charge >= 0.3 is 0 Å². The molecule has 0 saturated heterocycles. The van der Waals surface area contributed by atoms with E-state index in [4.69, 9.17) is 0 Å². The van der Waals surface area contributed by atoms with Gasteiger partial charge in [-0.2, -0.15) is 0 Å². The van der Waals surface area contributed by atoms with Crippen LogP contribution in [0, 0.1) is 12.7 Å². The van der Waals surface area contributed by atoms with Gasteiger partial charge < -0.3 is 0 Å². The first-order chi connectivity index (χ1) is 5.70. The third-order valence-electron chi connectivity index (χ3n) is 1.83. The summed E-state index contributed by atoms with van der Waals surface area (Å²) in [5.74, 6) is -0.148. The molecular weight excluding hydrogens is 239 g/mol. The molecule has 0 fully saturated rings. The van der Waals surface area contributed by atoms with Crippen LogP contribution in [0.1, 0.15) is 5.56 Å². The van der Waals surface area contributed by atoms with Crippen molar-refractivity contribution in [1.82, 2.24) is 0 Å². The van der Waals surface area contributed by atoms with Gasteiger partial charge in [0.1, 0.15) is 0 Å². The second-order valence-corrected chi connectivity index (χ2v) is 4.39. The molecule has 0 bridgehead atoms. The fourth-order valence-electron chi connectivity index (χ4n) is 1.17. The Morgan fingerprint density at radius 3 is 2.92 bits per heavy atom. The first-order valence-corrected chi connectivity index (χ1v) is 5.19. The molecule has 0 N–H and O–H groups in total. The molecule has 0 spiro atoms. The average molecular weight is 245 g/mol. The standard InChI is InChI=1S/C9H6BrFS/c1-5-4-12-9-6(5)2-3-7(10)8(9)11/h2-4H,1H3. The average Bonchev–Trinajstić information content (AvgIpc) is 2.41. The predicted molar refractivity (Wildman–Crippen MR) is 54.2 cm³/mol. The van der Waals surface area contributed by atoms with E-state index in [-0.39, 0.29) is 5.82 Å². The smallest absolute Gasteiger partial charge is 0.155 e. The Hall–Kier alpha value is -0.410. The Morgan fingerprint density at radius 1 is 1.42 bits per heavy atom. The van der Waals surface area contributed by atoms with Crippen molar-refractivity contribution >= 4 is 37.4 Å². The minimum atomic E-state index is -0.148. The zero-order valence-corrected chi connectivity index (χ0v) is 8.80. The zero-order valence-electron chi connectivity index (χ0n) is 6.40. The Kier molecular flexibility index (Phi) is 1.93. The van der Waals surface area contributed by atoms with Crippen molar-refractivity contribution in [2.24, 2.45) is 0 Å². The van der Waals surface area contributed by atoms with Gasteiger partial charge in [0.15, 0.2) is 5.82 Å². The van der Waals surface area contributed by atoms with Crippen molar-refractivity contribution < 1.29 is 4.39 Å². The van der Waals surface area contributed by atoms with Crippen LogP contribution >= 0.6 is 27.3 Å². The Labute approximate surface area is 82.2 Å². The normalized spacial score (nSPS) is 10.9. The molecular formula is C9H6BrFS. The lowest BCUT2D eigenvalue weighted by atomic mass is 10.2. The van der Waals surface area contributed by atoms with Crippen LogP contribution in [-0.2, 0) is 0 Å². The summed E-state index contributed by atoms with van der Waals surface area (Å²) in [6.45, 7) is 1.99. The molecule has 0 amide bonds. The van der Waals surface area contributed by atoms with E-state index in [2.05, 4.69) is 15.9 Å². The maximum atomic E-state index is 13.4. The lowest BCUT2D eigenvalue weighted by Gasteiger charge is -1.95. The second kappa shape index (κ2) is 2.82. The van der Waals surface area contributed by atoms with Gasteiger partial charge in [0.2, 0.25) is 0 Å². The second-order valence-electron chi connectivity index (χ2n) is 2.66. The van der Waals surface area contributed by atoms with Crippen molar-refractivity contribution in [3.8, 4) is 0 Å². The van der Waals surface area contributed by atoms with Crippen LogP contribution in [0.15, 0.2) is 22.0 Å². The summed E-state index contributed by atoms with van der Waals surface area (Å²) in [5.41, 5.74) is 1.14. The fraction of sp³-hybridized carbons (Fsp3) is 0.111. The number of aryl methyl sites for hydroxylation is 1. The number of thiophene rings is 1. The highest BCUT2D eigenvalue weighted by molar-refractivity contribution is 9.10. The van der Waals surface area contributed by atoms with Gasteiger partial charge in [-0.05, 0) is 45.2 Å². The van der Waals surface area contributed by atoms with Crippen molar-refractivity contribution in [2.45, 2.75) is 6.92 Å². The van der Waals surface area contributed by atoms with Crippen LogP contribution in [-0.4, -0.2) is 0 Å². The molecule has 1 heterocycles. The minimum absolute atomic E-state index is 0.148. The van der Waals surface area contributed by atoms with E-state index >= 15 is 0 Å². The van der Waals surface area contributed by atoms with E-state index in [1.165, 1.54) is 11.3 Å². The summed E-state index contributed by atoms with van der Waals surface area (Å²) < 4.78 is 14.7. The number of rotatable bonds is 0. The largest absolute Gasteiger partial charge is 0.204 e. The highest BCUT2D eigenvalue weighted by Gasteiger charge is 2.07. The van der Waals surface area contributed by atoms with E-state index in [9.17, 15) is 4.39 Å². The summed E-state index contributed by atoms with van der Waals surface area (Å²) in [5, 5.41) is 2.99. The summed E-state index contributed by atoms with van der Waals surface area (Å²) in [6, 6.07) is 3.69. The van der Waals surface area contributed by atoms with Crippen LogP contribution in [0.2, 0.25) is 0 Å². The molecule has 0 aliphatic heterocycles. The molecule has 1 aromatic heterocycles. The van der Waals surface area contributed by atoms with Gasteiger partial charge in [0, 0.05) is 0 Å². The van der Waals surface area contributed by atoms with Crippen molar-refractivity contribution in [2.75, 3.05) is 0 Å². The van der Waals surface area contributed by atoms with Gasteiger partial charge in [-0.15, -0.1) is 11.3 Å². The van der Waals surface area contributed by atoms with Crippen molar-refractivity contribution in [3.63, 3.8) is 0 Å². The number of hydrogen-bond donors (Lipinski definition) is 0. The Balaban J connectivity index is 2.93. The molecule has 0 aliphatic carbocycles. The van der Waals surface area contributed by atoms with Gasteiger partial charge in [-0.25, -0.2) is 4.39 Å². The third kappa shape index (κ3) is 1.08. The van der Waals surface area contributed by atoms with Crippen LogP contribution < -0.4 is 0 Å².